The first-order chi connectivity index (χ1) is 13.1. The number of aryl methyl sites for hydroxylation is 1. The van der Waals surface area contributed by atoms with Gasteiger partial charge in [-0.15, -0.1) is 0 Å². The Kier molecular flexibility index (Phi) is 8.32. The number of amides is 2. The van der Waals surface area contributed by atoms with E-state index in [0.29, 0.717) is 32.5 Å². The second-order valence-corrected chi connectivity index (χ2v) is 6.27. The molecular weight excluding hydrogens is 342 g/mol. The summed E-state index contributed by atoms with van der Waals surface area (Å²) in [4.78, 5) is 23.5. The number of rotatable bonds is 10. The zero-order valence-corrected chi connectivity index (χ0v) is 15.9. The summed E-state index contributed by atoms with van der Waals surface area (Å²) in [6.45, 7) is 3.26. The van der Waals surface area contributed by atoms with E-state index in [2.05, 4.69) is 16.0 Å². The Labute approximate surface area is 160 Å². The van der Waals surface area contributed by atoms with E-state index >= 15 is 0 Å². The first-order valence-electron chi connectivity index (χ1n) is 9.07. The van der Waals surface area contributed by atoms with Crippen molar-refractivity contribution in [1.82, 2.24) is 10.6 Å². The summed E-state index contributed by atoms with van der Waals surface area (Å²) in [5.41, 5.74) is 2.80. The average molecular weight is 369 g/mol. The molecule has 0 aliphatic rings. The van der Waals surface area contributed by atoms with Crippen molar-refractivity contribution in [3.63, 3.8) is 0 Å². The summed E-state index contributed by atoms with van der Waals surface area (Å²) in [5, 5.41) is 8.48. The SMILES string of the molecule is CNCC(=O)NCc1ccc(NC(=O)CCCOc2ccccc2C)cc1. The van der Waals surface area contributed by atoms with Gasteiger partial charge in [-0.05, 0) is 49.7 Å². The van der Waals surface area contributed by atoms with Crippen LogP contribution in [0.5, 0.6) is 5.75 Å². The summed E-state index contributed by atoms with van der Waals surface area (Å²) >= 11 is 0. The summed E-state index contributed by atoms with van der Waals surface area (Å²) in [6.07, 6.45) is 1.05. The molecule has 2 aromatic rings. The smallest absolute Gasteiger partial charge is 0.234 e. The summed E-state index contributed by atoms with van der Waals surface area (Å²) in [6, 6.07) is 15.3. The van der Waals surface area contributed by atoms with Gasteiger partial charge >= 0.3 is 0 Å². The number of anilines is 1. The average Bonchev–Trinajstić information content (AvgIpc) is 2.66. The fraction of sp³-hybridized carbons (Fsp3) is 0.333. The minimum atomic E-state index is -0.0530. The molecule has 0 aliphatic heterocycles. The van der Waals surface area contributed by atoms with E-state index in [1.165, 1.54) is 0 Å². The van der Waals surface area contributed by atoms with Crippen LogP contribution < -0.4 is 20.7 Å². The molecule has 0 radical (unpaired) electrons. The third-order valence-corrected chi connectivity index (χ3v) is 3.96. The van der Waals surface area contributed by atoms with Crippen LogP contribution in [0.2, 0.25) is 0 Å². The highest BCUT2D eigenvalue weighted by molar-refractivity contribution is 5.90. The molecule has 0 bridgehead atoms. The van der Waals surface area contributed by atoms with Gasteiger partial charge in [0.15, 0.2) is 0 Å². The molecule has 0 aliphatic carbocycles. The molecule has 0 spiro atoms. The maximum absolute atomic E-state index is 12.0. The normalized spacial score (nSPS) is 10.3. The Bertz CT molecular complexity index is 745. The van der Waals surface area contributed by atoms with E-state index in [4.69, 9.17) is 4.74 Å². The fourth-order valence-electron chi connectivity index (χ4n) is 2.49. The number of nitrogens with one attached hydrogen (secondary N) is 3. The monoisotopic (exact) mass is 369 g/mol. The van der Waals surface area contributed by atoms with E-state index in [-0.39, 0.29) is 11.8 Å². The molecule has 0 aromatic heterocycles. The molecule has 3 N–H and O–H groups in total. The largest absolute Gasteiger partial charge is 0.493 e. The lowest BCUT2D eigenvalue weighted by Gasteiger charge is -2.09. The number of carbonyl (C=O) groups is 2. The maximum atomic E-state index is 12.0. The van der Waals surface area contributed by atoms with Crippen LogP contribution in [-0.2, 0) is 16.1 Å². The second kappa shape index (κ2) is 11.0. The minimum absolute atomic E-state index is 0.0431. The standard InChI is InChI=1S/C21H27N3O3/c1-16-6-3-4-7-19(16)27-13-5-8-20(25)24-18-11-9-17(10-12-18)14-23-21(26)15-22-2/h3-4,6-7,9-12,22H,5,8,13-15H2,1-2H3,(H,23,26)(H,24,25). The van der Waals surface area contributed by atoms with Gasteiger partial charge in [-0.25, -0.2) is 0 Å². The van der Waals surface area contributed by atoms with Crippen LogP contribution in [0.25, 0.3) is 0 Å². The lowest BCUT2D eigenvalue weighted by molar-refractivity contribution is -0.120. The van der Waals surface area contributed by atoms with E-state index in [1.54, 1.807) is 7.05 Å². The number of para-hydroxylation sites is 1. The Hall–Kier alpha value is -2.86. The summed E-state index contributed by atoms with van der Waals surface area (Å²) in [7, 11) is 1.73. The van der Waals surface area contributed by atoms with Crippen molar-refractivity contribution in [3.8, 4) is 5.75 Å². The van der Waals surface area contributed by atoms with E-state index < -0.39 is 0 Å². The van der Waals surface area contributed by atoms with Crippen molar-refractivity contribution in [2.24, 2.45) is 0 Å². The lowest BCUT2D eigenvalue weighted by Crippen LogP contribution is -2.31. The predicted molar refractivity (Wildman–Crippen MR) is 107 cm³/mol. The molecule has 144 valence electrons. The number of ether oxygens (including phenoxy) is 1. The predicted octanol–water partition coefficient (Wildman–Crippen LogP) is 2.63. The third-order valence-electron chi connectivity index (χ3n) is 3.96. The van der Waals surface area contributed by atoms with Gasteiger partial charge in [0.05, 0.1) is 13.2 Å². The molecule has 0 unspecified atom stereocenters. The number of hydrogen-bond donors (Lipinski definition) is 3. The van der Waals surface area contributed by atoms with Gasteiger partial charge in [0.25, 0.3) is 0 Å². The maximum Gasteiger partial charge on any atom is 0.234 e. The van der Waals surface area contributed by atoms with E-state index in [1.807, 2.05) is 55.5 Å². The minimum Gasteiger partial charge on any atom is -0.493 e. The van der Waals surface area contributed by atoms with Crippen molar-refractivity contribution in [1.29, 1.82) is 0 Å². The highest BCUT2D eigenvalue weighted by Gasteiger charge is 2.04. The lowest BCUT2D eigenvalue weighted by atomic mass is 10.2. The highest BCUT2D eigenvalue weighted by atomic mass is 16.5. The summed E-state index contributed by atoms with van der Waals surface area (Å²) < 4.78 is 5.70. The van der Waals surface area contributed by atoms with Crippen LogP contribution >= 0.6 is 0 Å². The first-order valence-corrected chi connectivity index (χ1v) is 9.07. The molecule has 0 atom stereocenters. The van der Waals surface area contributed by atoms with Crippen molar-refractivity contribution >= 4 is 17.5 Å². The van der Waals surface area contributed by atoms with Gasteiger partial charge in [0, 0.05) is 18.7 Å². The zero-order valence-electron chi connectivity index (χ0n) is 15.9. The topological polar surface area (TPSA) is 79.5 Å². The van der Waals surface area contributed by atoms with Gasteiger partial charge in [-0.3, -0.25) is 9.59 Å². The Morgan fingerprint density at radius 3 is 2.44 bits per heavy atom. The molecule has 0 fully saturated rings. The number of likely N-dealkylation sites (N-methyl/N-ethyl adjacent to an activating group) is 1. The van der Waals surface area contributed by atoms with Crippen LogP contribution in [-0.4, -0.2) is 32.0 Å². The van der Waals surface area contributed by atoms with Crippen molar-refractivity contribution in [2.75, 3.05) is 25.5 Å². The van der Waals surface area contributed by atoms with Crippen molar-refractivity contribution in [2.45, 2.75) is 26.3 Å². The van der Waals surface area contributed by atoms with Gasteiger partial charge in [0.1, 0.15) is 5.75 Å². The Balaban J connectivity index is 1.68. The van der Waals surface area contributed by atoms with Gasteiger partial charge in [-0.1, -0.05) is 30.3 Å². The summed E-state index contributed by atoms with van der Waals surface area (Å²) in [5.74, 6) is 0.761. The van der Waals surface area contributed by atoms with Crippen LogP contribution in [0.4, 0.5) is 5.69 Å². The van der Waals surface area contributed by atoms with Crippen LogP contribution in [0.1, 0.15) is 24.0 Å². The second-order valence-electron chi connectivity index (χ2n) is 6.27. The molecule has 0 heterocycles. The van der Waals surface area contributed by atoms with Crippen LogP contribution in [0.15, 0.2) is 48.5 Å². The van der Waals surface area contributed by atoms with E-state index in [0.717, 1.165) is 22.6 Å². The first kappa shape index (κ1) is 20.5. The molecule has 27 heavy (non-hydrogen) atoms. The molecule has 2 amide bonds. The molecule has 6 nitrogen and oxygen atoms in total. The number of benzene rings is 2. The zero-order chi connectivity index (χ0) is 19.5. The number of carbonyl (C=O) groups excluding carboxylic acids is 2. The number of hydrogen-bond acceptors (Lipinski definition) is 4. The molecule has 6 heteroatoms. The van der Waals surface area contributed by atoms with Gasteiger partial charge < -0.3 is 20.7 Å². The molecule has 0 saturated heterocycles. The molecule has 2 aromatic carbocycles. The third kappa shape index (κ3) is 7.50. The van der Waals surface area contributed by atoms with Crippen LogP contribution in [0, 0.1) is 6.92 Å². The van der Waals surface area contributed by atoms with Crippen molar-refractivity contribution in [3.05, 3.63) is 59.7 Å². The molecule has 0 saturated carbocycles. The van der Waals surface area contributed by atoms with Crippen molar-refractivity contribution < 1.29 is 14.3 Å². The Morgan fingerprint density at radius 2 is 1.74 bits per heavy atom. The highest BCUT2D eigenvalue weighted by Crippen LogP contribution is 2.16. The van der Waals surface area contributed by atoms with Crippen LogP contribution in [0.3, 0.4) is 0 Å². The quantitative estimate of drug-likeness (QED) is 0.563. The fourth-order valence-corrected chi connectivity index (χ4v) is 2.49. The van der Waals surface area contributed by atoms with Gasteiger partial charge in [-0.2, -0.15) is 0 Å². The Morgan fingerprint density at radius 1 is 1.00 bits per heavy atom. The molecular formula is C21H27N3O3. The molecule has 2 rings (SSSR count). The van der Waals surface area contributed by atoms with E-state index in [9.17, 15) is 9.59 Å². The van der Waals surface area contributed by atoms with Gasteiger partial charge in [0.2, 0.25) is 11.8 Å².